The van der Waals surface area contributed by atoms with E-state index in [4.69, 9.17) is 5.53 Å². The normalized spacial score (nSPS) is 12.0. The Kier molecular flexibility index (Phi) is 9.47. The fourth-order valence-electron chi connectivity index (χ4n) is 3.32. The number of nitrogens with zero attached hydrogens (tertiary/aromatic N) is 2. The van der Waals surface area contributed by atoms with E-state index < -0.39 is 41.8 Å². The molecular weight excluding hydrogens is 609 g/mol. The van der Waals surface area contributed by atoms with Crippen molar-refractivity contribution in [2.75, 3.05) is 0 Å². The van der Waals surface area contributed by atoms with Crippen LogP contribution in [0.3, 0.4) is 0 Å². The lowest BCUT2D eigenvalue weighted by molar-refractivity contribution is 0.00380. The van der Waals surface area contributed by atoms with Crippen molar-refractivity contribution in [3.8, 4) is 0 Å². The van der Waals surface area contributed by atoms with E-state index in [1.54, 1.807) is 50.2 Å². The third-order valence-electron chi connectivity index (χ3n) is 5.56. The molecule has 0 atom stereocenters. The number of hydrogen-bond donors (Lipinski definition) is 0. The van der Waals surface area contributed by atoms with Gasteiger partial charge in [-0.2, -0.15) is 0 Å². The van der Waals surface area contributed by atoms with E-state index in [0.29, 0.717) is 0 Å². The molecule has 0 N–H and O–H groups in total. The Bertz CT molecular complexity index is 1880. The standard InChI is InChI=1S/C14H14O4S2.C13H10N2O4S2/c1-11-3-7-13(8-4-11)19(15,16)20(17,18)14-9-5-12(2)6-10-14;14-15-13(20(16,17)11-7-3-1-4-8-11)21(18,19)12-9-5-2-6-10-12/h3-10H,1-2H3;1-10H. The van der Waals surface area contributed by atoms with Crippen molar-refractivity contribution >= 4 is 41.8 Å². The number of hydrogen-bond acceptors (Lipinski definition) is 8. The molecule has 4 rings (SSSR count). The van der Waals surface area contributed by atoms with Crippen LogP contribution in [-0.2, 0) is 37.4 Å². The molecule has 0 aliphatic carbocycles. The maximum Gasteiger partial charge on any atom is 0.504 e. The van der Waals surface area contributed by atoms with Crippen molar-refractivity contribution in [2.45, 2.75) is 33.4 Å². The maximum absolute atomic E-state index is 12.3. The summed E-state index contributed by atoms with van der Waals surface area (Å²) in [6.07, 6.45) is 0. The van der Waals surface area contributed by atoms with Gasteiger partial charge in [-0.3, -0.25) is 0 Å². The highest BCUT2D eigenvalue weighted by Crippen LogP contribution is 2.25. The molecule has 0 heterocycles. The Balaban J connectivity index is 0.000000226. The van der Waals surface area contributed by atoms with E-state index in [0.717, 1.165) is 11.1 Å². The van der Waals surface area contributed by atoms with Crippen LogP contribution in [0.1, 0.15) is 11.1 Å². The first-order valence-electron chi connectivity index (χ1n) is 11.6. The summed E-state index contributed by atoms with van der Waals surface area (Å²) in [5, 5.41) is 0. The number of aryl methyl sites for hydroxylation is 2. The second-order valence-electron chi connectivity index (χ2n) is 8.53. The monoisotopic (exact) mass is 632 g/mol. The summed E-state index contributed by atoms with van der Waals surface area (Å²) in [6, 6.07) is 25.3. The van der Waals surface area contributed by atoms with Crippen LogP contribution in [0.25, 0.3) is 5.53 Å². The second kappa shape index (κ2) is 12.3. The van der Waals surface area contributed by atoms with Crippen LogP contribution in [0.5, 0.6) is 0 Å². The van der Waals surface area contributed by atoms with E-state index in [1.807, 2.05) is 0 Å². The molecule has 0 aromatic heterocycles. The molecule has 0 fully saturated rings. The lowest BCUT2D eigenvalue weighted by atomic mass is 10.2. The molecule has 41 heavy (non-hydrogen) atoms. The molecule has 0 amide bonds. The maximum atomic E-state index is 12.3. The van der Waals surface area contributed by atoms with Gasteiger partial charge < -0.3 is 5.53 Å². The van der Waals surface area contributed by atoms with Gasteiger partial charge in [0.05, 0.1) is 19.6 Å². The molecule has 0 bridgehead atoms. The Labute approximate surface area is 238 Å². The Morgan fingerprint density at radius 1 is 0.463 bits per heavy atom. The topological polar surface area (TPSA) is 173 Å². The zero-order chi connectivity index (χ0) is 30.5. The van der Waals surface area contributed by atoms with Gasteiger partial charge in [0, 0.05) is 0 Å². The lowest BCUT2D eigenvalue weighted by Gasteiger charge is -2.07. The van der Waals surface area contributed by atoms with Crippen LogP contribution >= 0.6 is 0 Å². The predicted molar refractivity (Wildman–Crippen MR) is 153 cm³/mol. The van der Waals surface area contributed by atoms with Crippen LogP contribution in [0.15, 0.2) is 129 Å². The van der Waals surface area contributed by atoms with E-state index in [1.165, 1.54) is 72.8 Å². The van der Waals surface area contributed by atoms with Crippen LogP contribution in [0, 0.1) is 13.8 Å². The zero-order valence-electron chi connectivity index (χ0n) is 21.7. The highest BCUT2D eigenvalue weighted by atomic mass is 33.2. The van der Waals surface area contributed by atoms with Gasteiger partial charge in [-0.15, -0.1) is 4.79 Å². The minimum absolute atomic E-state index is 0.219. The summed E-state index contributed by atoms with van der Waals surface area (Å²) in [7, 11) is -17.8. The molecule has 4 aromatic rings. The van der Waals surface area contributed by atoms with Crippen molar-refractivity contribution in [3.63, 3.8) is 0 Å². The summed E-state index contributed by atoms with van der Waals surface area (Å²) in [5.41, 5.74) is 10.7. The van der Waals surface area contributed by atoms with Gasteiger partial charge in [0.2, 0.25) is 0 Å². The summed E-state index contributed by atoms with van der Waals surface area (Å²) >= 11 is 0. The first-order valence-corrected chi connectivity index (χ1v) is 18.1. The Hall–Kier alpha value is -3.94. The van der Waals surface area contributed by atoms with Gasteiger partial charge >= 0.3 is 4.38 Å². The molecule has 0 unspecified atom stereocenters. The van der Waals surface area contributed by atoms with E-state index in [2.05, 4.69) is 4.79 Å². The zero-order valence-corrected chi connectivity index (χ0v) is 25.0. The molecule has 0 spiro atoms. The Morgan fingerprint density at radius 2 is 0.756 bits per heavy atom. The lowest BCUT2D eigenvalue weighted by Crippen LogP contribution is -2.26. The molecule has 0 aliphatic heterocycles. The third kappa shape index (κ3) is 6.69. The molecule has 0 saturated carbocycles. The van der Waals surface area contributed by atoms with Crippen molar-refractivity contribution in [3.05, 3.63) is 126 Å². The van der Waals surface area contributed by atoms with Gasteiger partial charge in [-0.1, -0.05) is 71.8 Å². The van der Waals surface area contributed by atoms with Gasteiger partial charge in [0.25, 0.3) is 37.4 Å². The molecule has 14 heteroatoms. The largest absolute Gasteiger partial charge is 0.504 e. The third-order valence-corrected chi connectivity index (χ3v) is 14.9. The van der Waals surface area contributed by atoms with Gasteiger partial charge in [0.15, 0.2) is 0 Å². The van der Waals surface area contributed by atoms with E-state index in [-0.39, 0.29) is 19.6 Å². The molecule has 0 aliphatic rings. The van der Waals surface area contributed by atoms with E-state index in [9.17, 15) is 33.7 Å². The minimum atomic E-state index is -4.45. The first-order chi connectivity index (χ1) is 19.2. The SMILES string of the molecule is Cc1ccc(S(=O)(=O)S(=O)(=O)c2ccc(C)cc2)cc1.[N-]=[N+]=C(S(=O)(=O)c1ccccc1)S(=O)(=O)c1ccccc1. The predicted octanol–water partition coefficient (Wildman–Crippen LogP) is 3.99. The average molecular weight is 633 g/mol. The summed E-state index contributed by atoms with van der Waals surface area (Å²) in [4.78, 5) is 1.55. The smallest absolute Gasteiger partial charge is 0.359 e. The number of sulfone groups is 2. The first kappa shape index (κ1) is 31.6. The van der Waals surface area contributed by atoms with E-state index >= 15 is 0 Å². The second-order valence-corrected chi connectivity index (χ2v) is 17.9. The van der Waals surface area contributed by atoms with Crippen molar-refractivity contribution in [1.82, 2.24) is 0 Å². The van der Waals surface area contributed by atoms with Crippen LogP contribution in [0.2, 0.25) is 0 Å². The fraction of sp³-hybridized carbons (Fsp3) is 0.0741. The number of benzene rings is 4. The quantitative estimate of drug-likeness (QED) is 0.104. The summed E-state index contributed by atoms with van der Waals surface area (Å²) in [5.74, 6) is 0. The molecule has 10 nitrogen and oxygen atoms in total. The van der Waals surface area contributed by atoms with Gasteiger partial charge in [-0.05, 0) is 62.4 Å². The number of rotatable bonds is 5. The summed E-state index contributed by atoms with van der Waals surface area (Å²) < 4.78 is 97.0. The van der Waals surface area contributed by atoms with Crippen LogP contribution < -0.4 is 0 Å². The molecule has 0 saturated heterocycles. The Morgan fingerprint density at radius 3 is 1.02 bits per heavy atom. The van der Waals surface area contributed by atoms with Crippen molar-refractivity contribution < 1.29 is 38.5 Å². The van der Waals surface area contributed by atoms with Crippen LogP contribution in [-0.4, -0.2) is 42.8 Å². The fourth-order valence-corrected chi connectivity index (χ4v) is 10.3. The minimum Gasteiger partial charge on any atom is -0.359 e. The summed E-state index contributed by atoms with van der Waals surface area (Å²) in [6.45, 7) is 3.59. The molecular formula is C27H24N2O8S4. The average Bonchev–Trinajstić information content (AvgIpc) is 2.95. The van der Waals surface area contributed by atoms with Gasteiger partial charge in [0.1, 0.15) is 0 Å². The van der Waals surface area contributed by atoms with Crippen molar-refractivity contribution in [1.29, 1.82) is 0 Å². The molecule has 0 radical (unpaired) electrons. The van der Waals surface area contributed by atoms with Gasteiger partial charge in [-0.25, -0.2) is 33.7 Å². The van der Waals surface area contributed by atoms with Crippen LogP contribution in [0.4, 0.5) is 0 Å². The molecule has 4 aromatic carbocycles. The molecule has 214 valence electrons. The van der Waals surface area contributed by atoms with Crippen molar-refractivity contribution in [2.24, 2.45) is 0 Å². The highest BCUT2D eigenvalue weighted by Gasteiger charge is 2.43. The highest BCUT2D eigenvalue weighted by molar-refractivity contribution is 8.67.